The first-order chi connectivity index (χ1) is 11.9. The first-order valence-electron chi connectivity index (χ1n) is 8.15. The van der Waals surface area contributed by atoms with Crippen LogP contribution in [0.3, 0.4) is 0 Å². The number of nitrogens with one attached hydrogen (secondary N) is 1. The number of benzene rings is 1. The van der Waals surface area contributed by atoms with E-state index >= 15 is 0 Å². The molecule has 25 heavy (non-hydrogen) atoms. The molecule has 0 spiro atoms. The molecule has 1 amide bonds. The number of aliphatic hydroxyl groups is 4. The molecule has 0 fully saturated rings. The number of carbonyl (C=O) groups is 2. The van der Waals surface area contributed by atoms with E-state index in [1.54, 1.807) is 24.3 Å². The van der Waals surface area contributed by atoms with Gasteiger partial charge < -0.3 is 35.4 Å². The lowest BCUT2D eigenvalue weighted by Gasteiger charge is -2.26. The molecular formula is C17H26N2O6. The van der Waals surface area contributed by atoms with E-state index in [0.29, 0.717) is 0 Å². The molecule has 0 unspecified atom stereocenters. The Morgan fingerprint density at radius 3 is 2.12 bits per heavy atom. The Balaban J connectivity index is 2.80. The highest BCUT2D eigenvalue weighted by Crippen LogP contribution is 2.15. The van der Waals surface area contributed by atoms with E-state index in [-0.39, 0.29) is 11.8 Å². The lowest BCUT2D eigenvalue weighted by atomic mass is 10.0. The zero-order valence-corrected chi connectivity index (χ0v) is 14.4. The van der Waals surface area contributed by atoms with Crippen LogP contribution in [0.1, 0.15) is 24.2 Å². The number of amides is 1. The molecule has 1 aromatic carbocycles. The predicted octanol–water partition coefficient (Wildman–Crippen LogP) is -1.09. The Kier molecular flexibility index (Phi) is 8.50. The van der Waals surface area contributed by atoms with E-state index in [2.05, 4.69) is 10.2 Å². The Hall–Kier alpha value is -2.00. The molecule has 1 aromatic rings. The van der Waals surface area contributed by atoms with Crippen LogP contribution in [-0.2, 0) is 4.79 Å². The van der Waals surface area contributed by atoms with E-state index < -0.39 is 36.9 Å². The van der Waals surface area contributed by atoms with Gasteiger partial charge in [0.1, 0.15) is 30.6 Å². The number of hydrogen-bond acceptors (Lipinski definition) is 7. The molecule has 0 aliphatic heterocycles. The van der Waals surface area contributed by atoms with E-state index in [9.17, 15) is 24.9 Å². The summed E-state index contributed by atoms with van der Waals surface area (Å²) in [6.45, 7) is 4.90. The Bertz CT molecular complexity index is 547. The molecule has 0 radical (unpaired) electrons. The zero-order valence-electron chi connectivity index (χ0n) is 14.4. The molecule has 4 atom stereocenters. The van der Waals surface area contributed by atoms with Gasteiger partial charge in [-0.05, 0) is 38.1 Å². The highest BCUT2D eigenvalue weighted by molar-refractivity contribution is 5.96. The van der Waals surface area contributed by atoms with Crippen molar-refractivity contribution < 1.29 is 30.0 Å². The Morgan fingerprint density at radius 2 is 1.68 bits per heavy atom. The molecule has 5 N–H and O–H groups in total. The fourth-order valence-electron chi connectivity index (χ4n) is 2.40. The second-order valence-electron chi connectivity index (χ2n) is 5.59. The summed E-state index contributed by atoms with van der Waals surface area (Å²) in [5, 5.41) is 39.9. The van der Waals surface area contributed by atoms with Gasteiger partial charge in [0.05, 0.1) is 6.61 Å². The van der Waals surface area contributed by atoms with Crippen LogP contribution in [0.15, 0.2) is 24.3 Å². The summed E-state index contributed by atoms with van der Waals surface area (Å²) in [5.41, 5.74) is 1.24. The van der Waals surface area contributed by atoms with Crippen molar-refractivity contribution in [2.45, 2.75) is 38.2 Å². The average Bonchev–Trinajstić information content (AvgIpc) is 2.65. The van der Waals surface area contributed by atoms with Crippen molar-refractivity contribution in [3.63, 3.8) is 0 Å². The van der Waals surface area contributed by atoms with Gasteiger partial charge in [0.2, 0.25) is 0 Å². The summed E-state index contributed by atoms with van der Waals surface area (Å²) >= 11 is 0. The van der Waals surface area contributed by atoms with Gasteiger partial charge in [-0.2, -0.15) is 0 Å². The Morgan fingerprint density at radius 1 is 1.12 bits per heavy atom. The highest BCUT2D eigenvalue weighted by Gasteiger charge is 2.32. The highest BCUT2D eigenvalue weighted by atomic mass is 16.4. The summed E-state index contributed by atoms with van der Waals surface area (Å²) < 4.78 is 0. The second-order valence-corrected chi connectivity index (χ2v) is 5.59. The van der Waals surface area contributed by atoms with Gasteiger partial charge in [0, 0.05) is 24.3 Å². The van der Waals surface area contributed by atoms with Crippen molar-refractivity contribution in [1.29, 1.82) is 0 Å². The third-order valence-corrected chi connectivity index (χ3v) is 4.00. The smallest absolute Gasteiger partial charge is 0.251 e. The normalized spacial score (nSPS) is 15.8. The molecule has 8 nitrogen and oxygen atoms in total. The number of aldehydes is 1. The predicted molar refractivity (Wildman–Crippen MR) is 92.4 cm³/mol. The quantitative estimate of drug-likeness (QED) is 0.337. The van der Waals surface area contributed by atoms with Crippen molar-refractivity contribution in [1.82, 2.24) is 5.32 Å². The lowest BCUT2D eigenvalue weighted by molar-refractivity contribution is -0.119. The van der Waals surface area contributed by atoms with Crippen LogP contribution in [0.25, 0.3) is 0 Å². The maximum atomic E-state index is 12.2. The number of nitrogens with zero attached hydrogens (tertiary/aromatic N) is 1. The molecule has 1 rings (SSSR count). The van der Waals surface area contributed by atoms with Crippen molar-refractivity contribution in [3.05, 3.63) is 29.8 Å². The van der Waals surface area contributed by atoms with Crippen LogP contribution >= 0.6 is 0 Å². The average molecular weight is 354 g/mol. The molecule has 0 saturated heterocycles. The van der Waals surface area contributed by atoms with Crippen LogP contribution in [-0.4, -0.2) is 76.7 Å². The third kappa shape index (κ3) is 5.50. The molecule has 0 aliphatic rings. The van der Waals surface area contributed by atoms with Crippen LogP contribution in [0, 0.1) is 0 Å². The first-order valence-corrected chi connectivity index (χ1v) is 8.15. The van der Waals surface area contributed by atoms with Gasteiger partial charge in [0.15, 0.2) is 0 Å². The molecule has 140 valence electrons. The summed E-state index contributed by atoms with van der Waals surface area (Å²) in [5.74, 6) is -0.604. The van der Waals surface area contributed by atoms with E-state index in [1.165, 1.54) is 0 Å². The van der Waals surface area contributed by atoms with E-state index in [1.807, 2.05) is 13.8 Å². The van der Waals surface area contributed by atoms with Crippen LogP contribution in [0.5, 0.6) is 0 Å². The number of anilines is 1. The standard InChI is InChI=1S/C17H26N2O6/c1-3-19(4-2)12-7-5-11(6-8-12)17(25)18-13(9-20)15(23)16(24)14(22)10-21/h5-9,13-16,21-24H,3-4,10H2,1-2H3,(H,18,25)/t13-,14+,15-,16-/m0/s1. The number of carbonyl (C=O) groups excluding carboxylic acids is 2. The van der Waals surface area contributed by atoms with Gasteiger partial charge in [-0.3, -0.25) is 4.79 Å². The summed E-state index contributed by atoms with van der Waals surface area (Å²) in [6, 6.07) is 5.31. The molecule has 0 aromatic heterocycles. The minimum atomic E-state index is -1.77. The van der Waals surface area contributed by atoms with Crippen LogP contribution < -0.4 is 10.2 Å². The van der Waals surface area contributed by atoms with Crippen molar-refractivity contribution >= 4 is 17.9 Å². The molecule has 0 heterocycles. The third-order valence-electron chi connectivity index (χ3n) is 4.00. The molecule has 0 bridgehead atoms. The maximum Gasteiger partial charge on any atom is 0.251 e. The second kappa shape index (κ2) is 10.1. The summed E-state index contributed by atoms with van der Waals surface area (Å²) in [4.78, 5) is 25.4. The Labute approximate surface area is 146 Å². The molecule has 0 saturated carbocycles. The number of rotatable bonds is 10. The van der Waals surface area contributed by atoms with Crippen LogP contribution in [0.4, 0.5) is 5.69 Å². The van der Waals surface area contributed by atoms with Crippen LogP contribution in [0.2, 0.25) is 0 Å². The van der Waals surface area contributed by atoms with Crippen molar-refractivity contribution in [3.8, 4) is 0 Å². The van der Waals surface area contributed by atoms with E-state index in [0.717, 1.165) is 18.8 Å². The van der Waals surface area contributed by atoms with E-state index in [4.69, 9.17) is 5.11 Å². The minimum absolute atomic E-state index is 0.264. The fourth-order valence-corrected chi connectivity index (χ4v) is 2.40. The van der Waals surface area contributed by atoms with Crippen molar-refractivity contribution in [2.75, 3.05) is 24.6 Å². The van der Waals surface area contributed by atoms with Gasteiger partial charge in [-0.15, -0.1) is 0 Å². The van der Waals surface area contributed by atoms with Gasteiger partial charge in [-0.1, -0.05) is 0 Å². The summed E-state index contributed by atoms with van der Waals surface area (Å²) in [6.07, 6.45) is -4.88. The molecule has 0 aliphatic carbocycles. The fraction of sp³-hybridized carbons (Fsp3) is 0.529. The largest absolute Gasteiger partial charge is 0.394 e. The summed E-state index contributed by atoms with van der Waals surface area (Å²) in [7, 11) is 0. The molecule has 8 heteroatoms. The SMILES string of the molecule is CCN(CC)c1ccc(C(=O)N[C@@H](C=O)[C@H](O)[C@@H](O)[C@H](O)CO)cc1. The monoisotopic (exact) mass is 354 g/mol. The topological polar surface area (TPSA) is 130 Å². The minimum Gasteiger partial charge on any atom is -0.394 e. The number of aliphatic hydroxyl groups excluding tert-OH is 4. The van der Waals surface area contributed by atoms with Gasteiger partial charge in [-0.25, -0.2) is 0 Å². The first kappa shape index (κ1) is 21.0. The van der Waals surface area contributed by atoms with Gasteiger partial charge >= 0.3 is 0 Å². The van der Waals surface area contributed by atoms with Gasteiger partial charge in [0.25, 0.3) is 5.91 Å². The maximum absolute atomic E-state index is 12.2. The lowest BCUT2D eigenvalue weighted by Crippen LogP contribution is -2.53. The number of hydrogen-bond donors (Lipinski definition) is 5. The van der Waals surface area contributed by atoms with Crippen molar-refractivity contribution in [2.24, 2.45) is 0 Å². The molecular weight excluding hydrogens is 328 g/mol. The zero-order chi connectivity index (χ0) is 19.0.